The van der Waals surface area contributed by atoms with Crippen molar-refractivity contribution in [3.05, 3.63) is 23.3 Å². The van der Waals surface area contributed by atoms with E-state index in [1.54, 1.807) is 0 Å². The standard InChI is InChI=1S/C11H20O/c1-6-9(4)11(12-8-3)10(5)7-2/h6-7,11H,8H2,1-5H3/b9-6+,10-7+. The first-order valence-electron chi connectivity index (χ1n) is 4.54. The molecule has 0 aliphatic carbocycles. The van der Waals surface area contributed by atoms with Crippen LogP contribution in [0.4, 0.5) is 0 Å². The fourth-order valence-corrected chi connectivity index (χ4v) is 1.09. The lowest BCUT2D eigenvalue weighted by atomic mass is 10.0. The molecule has 0 aromatic rings. The van der Waals surface area contributed by atoms with E-state index >= 15 is 0 Å². The van der Waals surface area contributed by atoms with Gasteiger partial charge in [-0.05, 0) is 45.8 Å². The molecule has 0 heterocycles. The van der Waals surface area contributed by atoms with Gasteiger partial charge in [0.05, 0.1) is 6.10 Å². The molecular weight excluding hydrogens is 148 g/mol. The van der Waals surface area contributed by atoms with E-state index in [1.807, 2.05) is 20.8 Å². The Kier molecular flexibility index (Phi) is 5.73. The van der Waals surface area contributed by atoms with Crippen LogP contribution in [0.5, 0.6) is 0 Å². The van der Waals surface area contributed by atoms with Crippen molar-refractivity contribution < 1.29 is 4.74 Å². The molecule has 0 radical (unpaired) electrons. The third-order valence-corrected chi connectivity index (χ3v) is 2.07. The zero-order valence-electron chi connectivity index (χ0n) is 8.85. The van der Waals surface area contributed by atoms with Gasteiger partial charge in [-0.25, -0.2) is 0 Å². The quantitative estimate of drug-likeness (QED) is 0.585. The number of hydrogen-bond acceptors (Lipinski definition) is 1. The van der Waals surface area contributed by atoms with Gasteiger partial charge in [-0.15, -0.1) is 0 Å². The van der Waals surface area contributed by atoms with Crippen LogP contribution in [-0.4, -0.2) is 12.7 Å². The van der Waals surface area contributed by atoms with Crippen LogP contribution >= 0.6 is 0 Å². The smallest absolute Gasteiger partial charge is 0.0990 e. The van der Waals surface area contributed by atoms with Crippen LogP contribution < -0.4 is 0 Å². The summed E-state index contributed by atoms with van der Waals surface area (Å²) in [5.74, 6) is 0. The molecule has 0 N–H and O–H groups in total. The van der Waals surface area contributed by atoms with E-state index in [0.717, 1.165) is 6.61 Å². The van der Waals surface area contributed by atoms with E-state index in [2.05, 4.69) is 26.0 Å². The zero-order chi connectivity index (χ0) is 9.56. The van der Waals surface area contributed by atoms with Crippen molar-refractivity contribution >= 4 is 0 Å². The largest absolute Gasteiger partial charge is 0.370 e. The molecule has 0 atom stereocenters. The highest BCUT2D eigenvalue weighted by molar-refractivity contribution is 5.19. The summed E-state index contributed by atoms with van der Waals surface area (Å²) in [5.41, 5.74) is 2.57. The average Bonchev–Trinajstić information content (AvgIpc) is 2.11. The van der Waals surface area contributed by atoms with Crippen LogP contribution in [0.15, 0.2) is 23.3 Å². The van der Waals surface area contributed by atoms with Gasteiger partial charge in [-0.1, -0.05) is 12.2 Å². The van der Waals surface area contributed by atoms with Crippen molar-refractivity contribution in [2.75, 3.05) is 6.61 Å². The summed E-state index contributed by atoms with van der Waals surface area (Å²) in [6.07, 6.45) is 4.39. The Morgan fingerprint density at radius 1 is 1.17 bits per heavy atom. The highest BCUT2D eigenvalue weighted by Gasteiger charge is 2.10. The fraction of sp³-hybridized carbons (Fsp3) is 0.636. The van der Waals surface area contributed by atoms with Crippen molar-refractivity contribution in [1.82, 2.24) is 0 Å². The number of rotatable bonds is 4. The van der Waals surface area contributed by atoms with E-state index in [0.29, 0.717) is 0 Å². The van der Waals surface area contributed by atoms with Crippen LogP contribution in [0.25, 0.3) is 0 Å². The molecule has 0 aliphatic rings. The lowest BCUT2D eigenvalue weighted by Crippen LogP contribution is -2.15. The average molecular weight is 168 g/mol. The number of ether oxygens (including phenoxy) is 1. The maximum absolute atomic E-state index is 5.61. The Labute approximate surface area is 76.1 Å². The summed E-state index contributed by atoms with van der Waals surface area (Å²) in [5, 5.41) is 0. The first kappa shape index (κ1) is 11.4. The molecule has 0 aliphatic heterocycles. The third kappa shape index (κ3) is 3.22. The Morgan fingerprint density at radius 2 is 1.58 bits per heavy atom. The summed E-state index contributed by atoms with van der Waals surface area (Å²) in [6.45, 7) is 11.1. The van der Waals surface area contributed by atoms with Crippen molar-refractivity contribution in [1.29, 1.82) is 0 Å². The first-order chi connectivity index (χ1) is 5.67. The summed E-state index contributed by atoms with van der Waals surface area (Å²) < 4.78 is 5.61. The molecule has 0 aromatic carbocycles. The predicted octanol–water partition coefficient (Wildman–Crippen LogP) is 3.32. The molecule has 0 amide bonds. The molecule has 1 heteroatoms. The van der Waals surface area contributed by atoms with Crippen molar-refractivity contribution in [3.8, 4) is 0 Å². The molecule has 0 bridgehead atoms. The minimum Gasteiger partial charge on any atom is -0.370 e. The Hall–Kier alpha value is -0.560. The number of hydrogen-bond donors (Lipinski definition) is 0. The summed E-state index contributed by atoms with van der Waals surface area (Å²) in [6, 6.07) is 0. The van der Waals surface area contributed by atoms with Gasteiger partial charge < -0.3 is 4.74 Å². The lowest BCUT2D eigenvalue weighted by Gasteiger charge is -2.18. The van der Waals surface area contributed by atoms with Crippen LogP contribution in [0, 0.1) is 0 Å². The SMILES string of the molecule is C/C=C(\C)C(OCC)/C(C)=C/C. The van der Waals surface area contributed by atoms with Gasteiger partial charge in [0, 0.05) is 6.61 Å². The van der Waals surface area contributed by atoms with Crippen molar-refractivity contribution in [3.63, 3.8) is 0 Å². The predicted molar refractivity (Wildman–Crippen MR) is 54.3 cm³/mol. The molecule has 1 nitrogen and oxygen atoms in total. The van der Waals surface area contributed by atoms with E-state index < -0.39 is 0 Å². The minimum absolute atomic E-state index is 0.185. The Bertz CT molecular complexity index is 159. The second-order valence-electron chi connectivity index (χ2n) is 2.90. The monoisotopic (exact) mass is 168 g/mol. The third-order valence-electron chi connectivity index (χ3n) is 2.07. The lowest BCUT2D eigenvalue weighted by molar-refractivity contribution is 0.112. The zero-order valence-corrected chi connectivity index (χ0v) is 8.85. The second kappa shape index (κ2) is 6.01. The molecule has 0 fully saturated rings. The molecular formula is C11H20O. The van der Waals surface area contributed by atoms with Crippen LogP contribution in [0.2, 0.25) is 0 Å². The van der Waals surface area contributed by atoms with E-state index in [4.69, 9.17) is 4.74 Å². The first-order valence-corrected chi connectivity index (χ1v) is 4.54. The molecule has 0 aromatic heterocycles. The highest BCUT2D eigenvalue weighted by Crippen LogP contribution is 2.15. The van der Waals surface area contributed by atoms with Crippen LogP contribution in [-0.2, 0) is 4.74 Å². The van der Waals surface area contributed by atoms with Gasteiger partial charge in [-0.3, -0.25) is 0 Å². The molecule has 0 spiro atoms. The van der Waals surface area contributed by atoms with Gasteiger partial charge in [0.25, 0.3) is 0 Å². The summed E-state index contributed by atoms with van der Waals surface area (Å²) >= 11 is 0. The maximum Gasteiger partial charge on any atom is 0.0990 e. The fourth-order valence-electron chi connectivity index (χ4n) is 1.09. The van der Waals surface area contributed by atoms with Gasteiger partial charge in [0.1, 0.15) is 0 Å². The van der Waals surface area contributed by atoms with Crippen molar-refractivity contribution in [2.45, 2.75) is 40.7 Å². The summed E-state index contributed by atoms with van der Waals surface area (Å²) in [7, 11) is 0. The molecule has 0 saturated carbocycles. The molecule has 0 unspecified atom stereocenters. The molecule has 70 valence electrons. The van der Waals surface area contributed by atoms with Crippen molar-refractivity contribution in [2.24, 2.45) is 0 Å². The molecule has 0 saturated heterocycles. The van der Waals surface area contributed by atoms with Gasteiger partial charge in [0.2, 0.25) is 0 Å². The Morgan fingerprint density at radius 3 is 1.83 bits per heavy atom. The van der Waals surface area contributed by atoms with E-state index in [-0.39, 0.29) is 6.10 Å². The van der Waals surface area contributed by atoms with Gasteiger partial charge in [-0.2, -0.15) is 0 Å². The summed E-state index contributed by atoms with van der Waals surface area (Å²) in [4.78, 5) is 0. The van der Waals surface area contributed by atoms with E-state index in [1.165, 1.54) is 11.1 Å². The highest BCUT2D eigenvalue weighted by atomic mass is 16.5. The van der Waals surface area contributed by atoms with Gasteiger partial charge >= 0.3 is 0 Å². The van der Waals surface area contributed by atoms with E-state index in [9.17, 15) is 0 Å². The van der Waals surface area contributed by atoms with Crippen LogP contribution in [0.1, 0.15) is 34.6 Å². The molecule has 0 rings (SSSR count). The van der Waals surface area contributed by atoms with Crippen LogP contribution in [0.3, 0.4) is 0 Å². The van der Waals surface area contributed by atoms with Gasteiger partial charge in [0.15, 0.2) is 0 Å². The molecule has 12 heavy (non-hydrogen) atoms. The normalized spacial score (nSPS) is 16.4. The minimum atomic E-state index is 0.185. The Balaban J connectivity index is 4.43. The second-order valence-corrected chi connectivity index (χ2v) is 2.90. The maximum atomic E-state index is 5.61. The topological polar surface area (TPSA) is 9.23 Å². The number of allylic oxidation sites excluding steroid dienone is 2.